The quantitative estimate of drug-likeness (QED) is 0.771. The fourth-order valence-corrected chi connectivity index (χ4v) is 1.61. The van der Waals surface area contributed by atoms with Crippen LogP contribution in [-0.4, -0.2) is 35.3 Å². The van der Waals surface area contributed by atoms with Crippen LogP contribution in [0.25, 0.3) is 11.4 Å². The van der Waals surface area contributed by atoms with E-state index in [0.717, 1.165) is 24.2 Å². The zero-order valence-corrected chi connectivity index (χ0v) is 10.8. The molecule has 0 aliphatic carbocycles. The molecule has 0 fully saturated rings. The van der Waals surface area contributed by atoms with Gasteiger partial charge in [0.25, 0.3) is 0 Å². The van der Waals surface area contributed by atoms with Crippen LogP contribution in [0.15, 0.2) is 36.7 Å². The summed E-state index contributed by atoms with van der Waals surface area (Å²) < 4.78 is 4.95. The normalized spacial score (nSPS) is 10.6. The lowest BCUT2D eigenvalue weighted by Gasteiger charge is -2.05. The van der Waals surface area contributed by atoms with Crippen LogP contribution < -0.4 is 5.32 Å². The Kier molecular flexibility index (Phi) is 4.83. The van der Waals surface area contributed by atoms with E-state index in [1.807, 2.05) is 0 Å². The second kappa shape index (κ2) is 6.82. The van der Waals surface area contributed by atoms with Gasteiger partial charge in [0.15, 0.2) is 5.82 Å². The summed E-state index contributed by atoms with van der Waals surface area (Å²) in [5.41, 5.74) is 1.91. The summed E-state index contributed by atoms with van der Waals surface area (Å²) in [6.45, 7) is 2.21. The maximum atomic E-state index is 9.23. The van der Waals surface area contributed by atoms with Gasteiger partial charge in [0.2, 0.25) is 0 Å². The van der Waals surface area contributed by atoms with Crippen molar-refractivity contribution in [1.29, 1.82) is 0 Å². The minimum absolute atomic E-state index is 0.239. The van der Waals surface area contributed by atoms with Gasteiger partial charge >= 0.3 is 0 Å². The zero-order chi connectivity index (χ0) is 13.5. The van der Waals surface area contributed by atoms with Crippen molar-refractivity contribution >= 4 is 0 Å². The minimum atomic E-state index is 0.239. The predicted molar refractivity (Wildman–Crippen MR) is 72.7 cm³/mol. The van der Waals surface area contributed by atoms with Crippen molar-refractivity contribution in [2.45, 2.75) is 6.54 Å². The Morgan fingerprint density at radius 1 is 1.16 bits per heavy atom. The highest BCUT2D eigenvalue weighted by atomic mass is 16.5. The van der Waals surface area contributed by atoms with Crippen LogP contribution in [0.3, 0.4) is 0 Å². The van der Waals surface area contributed by atoms with Gasteiger partial charge in [-0.05, 0) is 24.3 Å². The van der Waals surface area contributed by atoms with Crippen molar-refractivity contribution in [1.82, 2.24) is 15.3 Å². The number of aromatic hydroxyl groups is 1. The molecule has 5 heteroatoms. The number of nitrogens with one attached hydrogen (secondary N) is 1. The number of hydrogen-bond acceptors (Lipinski definition) is 5. The fraction of sp³-hybridized carbons (Fsp3) is 0.286. The standard InChI is InChI=1S/C14H17N3O2/c1-19-7-6-15-8-11-9-16-14(17-10-11)12-2-4-13(18)5-3-12/h2-5,9-10,15,18H,6-8H2,1H3. The first kappa shape index (κ1) is 13.5. The molecule has 0 aliphatic heterocycles. The number of rotatable bonds is 6. The molecule has 1 aromatic heterocycles. The number of methoxy groups -OCH3 is 1. The lowest BCUT2D eigenvalue weighted by atomic mass is 10.2. The topological polar surface area (TPSA) is 67.3 Å². The summed E-state index contributed by atoms with van der Waals surface area (Å²) in [6, 6.07) is 6.83. The summed E-state index contributed by atoms with van der Waals surface area (Å²) in [7, 11) is 1.68. The summed E-state index contributed by atoms with van der Waals surface area (Å²) in [4.78, 5) is 8.63. The number of phenols is 1. The summed E-state index contributed by atoms with van der Waals surface area (Å²) in [5.74, 6) is 0.892. The lowest BCUT2D eigenvalue weighted by molar-refractivity contribution is 0.199. The number of nitrogens with zero attached hydrogens (tertiary/aromatic N) is 2. The Balaban J connectivity index is 1.96. The molecule has 1 aromatic carbocycles. The lowest BCUT2D eigenvalue weighted by Crippen LogP contribution is -2.18. The number of phenolic OH excluding ortho intramolecular Hbond substituents is 1. The molecule has 0 amide bonds. The molecule has 0 bridgehead atoms. The molecule has 0 atom stereocenters. The SMILES string of the molecule is COCCNCc1cnc(-c2ccc(O)cc2)nc1. The Bertz CT molecular complexity index is 497. The third-order valence-corrected chi connectivity index (χ3v) is 2.64. The molecule has 0 saturated carbocycles. The summed E-state index contributed by atoms with van der Waals surface area (Å²) >= 11 is 0. The number of aromatic nitrogens is 2. The largest absolute Gasteiger partial charge is 0.508 e. The fourth-order valence-electron chi connectivity index (χ4n) is 1.61. The smallest absolute Gasteiger partial charge is 0.159 e. The Morgan fingerprint density at radius 2 is 1.84 bits per heavy atom. The Morgan fingerprint density at radius 3 is 2.47 bits per heavy atom. The van der Waals surface area contributed by atoms with Gasteiger partial charge in [-0.15, -0.1) is 0 Å². The monoisotopic (exact) mass is 259 g/mol. The molecular formula is C14H17N3O2. The predicted octanol–water partition coefficient (Wildman–Crippen LogP) is 1.59. The highest BCUT2D eigenvalue weighted by Crippen LogP contribution is 2.17. The third-order valence-electron chi connectivity index (χ3n) is 2.64. The van der Waals surface area contributed by atoms with Crippen LogP contribution in [0.1, 0.15) is 5.56 Å². The van der Waals surface area contributed by atoms with E-state index in [9.17, 15) is 5.11 Å². The van der Waals surface area contributed by atoms with Gasteiger partial charge in [-0.2, -0.15) is 0 Å². The molecule has 2 aromatic rings. The maximum Gasteiger partial charge on any atom is 0.159 e. The molecule has 0 aliphatic rings. The Hall–Kier alpha value is -1.98. The van der Waals surface area contributed by atoms with Crippen LogP contribution in [0.2, 0.25) is 0 Å². The number of ether oxygens (including phenoxy) is 1. The van der Waals surface area contributed by atoms with Gasteiger partial charge in [-0.25, -0.2) is 9.97 Å². The number of hydrogen-bond donors (Lipinski definition) is 2. The minimum Gasteiger partial charge on any atom is -0.508 e. The highest BCUT2D eigenvalue weighted by Gasteiger charge is 2.01. The highest BCUT2D eigenvalue weighted by molar-refractivity contribution is 5.55. The average molecular weight is 259 g/mol. The van der Waals surface area contributed by atoms with Gasteiger partial charge in [0.1, 0.15) is 5.75 Å². The van der Waals surface area contributed by atoms with Crippen LogP contribution in [-0.2, 0) is 11.3 Å². The first-order valence-electron chi connectivity index (χ1n) is 6.09. The molecular weight excluding hydrogens is 242 g/mol. The molecule has 19 heavy (non-hydrogen) atoms. The van der Waals surface area contributed by atoms with Crippen LogP contribution in [0.4, 0.5) is 0 Å². The molecule has 0 saturated heterocycles. The van der Waals surface area contributed by atoms with E-state index in [1.54, 1.807) is 43.8 Å². The molecule has 0 unspecified atom stereocenters. The van der Waals surface area contributed by atoms with E-state index in [1.165, 1.54) is 0 Å². The van der Waals surface area contributed by atoms with Crippen molar-refractivity contribution in [2.75, 3.05) is 20.3 Å². The van der Waals surface area contributed by atoms with Gasteiger partial charge in [-0.1, -0.05) is 0 Å². The molecule has 100 valence electrons. The van der Waals surface area contributed by atoms with Crippen molar-refractivity contribution in [3.63, 3.8) is 0 Å². The third kappa shape index (κ3) is 4.01. The second-order valence-corrected chi connectivity index (χ2v) is 4.13. The second-order valence-electron chi connectivity index (χ2n) is 4.13. The molecule has 0 radical (unpaired) electrons. The van der Waals surface area contributed by atoms with Crippen molar-refractivity contribution in [3.8, 4) is 17.1 Å². The first-order valence-corrected chi connectivity index (χ1v) is 6.09. The van der Waals surface area contributed by atoms with Crippen LogP contribution >= 0.6 is 0 Å². The van der Waals surface area contributed by atoms with E-state index in [4.69, 9.17) is 4.74 Å². The summed E-state index contributed by atoms with van der Waals surface area (Å²) in [5, 5.41) is 12.5. The average Bonchev–Trinajstić information content (AvgIpc) is 2.45. The van der Waals surface area contributed by atoms with E-state index in [2.05, 4.69) is 15.3 Å². The van der Waals surface area contributed by atoms with Gasteiger partial charge in [0, 0.05) is 43.7 Å². The van der Waals surface area contributed by atoms with Gasteiger partial charge < -0.3 is 15.2 Å². The van der Waals surface area contributed by atoms with Crippen molar-refractivity contribution in [2.24, 2.45) is 0 Å². The Labute approximate surface area is 112 Å². The molecule has 2 rings (SSSR count). The molecule has 5 nitrogen and oxygen atoms in total. The van der Waals surface area contributed by atoms with Crippen LogP contribution in [0, 0.1) is 0 Å². The molecule has 2 N–H and O–H groups in total. The van der Waals surface area contributed by atoms with E-state index in [-0.39, 0.29) is 5.75 Å². The number of benzene rings is 1. The van der Waals surface area contributed by atoms with Crippen LogP contribution in [0.5, 0.6) is 5.75 Å². The zero-order valence-electron chi connectivity index (χ0n) is 10.8. The first-order chi connectivity index (χ1) is 9.29. The van der Waals surface area contributed by atoms with Gasteiger partial charge in [0.05, 0.1) is 6.61 Å². The van der Waals surface area contributed by atoms with Crippen molar-refractivity contribution in [3.05, 3.63) is 42.2 Å². The van der Waals surface area contributed by atoms with E-state index in [0.29, 0.717) is 12.4 Å². The summed E-state index contributed by atoms with van der Waals surface area (Å²) in [6.07, 6.45) is 3.60. The molecule has 1 heterocycles. The maximum absolute atomic E-state index is 9.23. The van der Waals surface area contributed by atoms with Gasteiger partial charge in [-0.3, -0.25) is 0 Å². The van der Waals surface area contributed by atoms with Crippen molar-refractivity contribution < 1.29 is 9.84 Å². The van der Waals surface area contributed by atoms with E-state index < -0.39 is 0 Å². The molecule has 0 spiro atoms. The van der Waals surface area contributed by atoms with E-state index >= 15 is 0 Å².